The summed E-state index contributed by atoms with van der Waals surface area (Å²) in [6.45, 7) is 3.34. The number of esters is 1. The van der Waals surface area contributed by atoms with Crippen LogP contribution in [-0.4, -0.2) is 54.5 Å². The molecule has 0 aromatic heterocycles. The Kier molecular flexibility index (Phi) is 13.4. The molecule has 3 atom stereocenters. The fourth-order valence-electron chi connectivity index (χ4n) is 3.55. The highest BCUT2D eigenvalue weighted by Crippen LogP contribution is 2.07. The number of nitrogens with one attached hydrogen (secondary N) is 3. The van der Waals surface area contributed by atoms with Crippen LogP contribution >= 0.6 is 0 Å². The number of benzene rings is 2. The van der Waals surface area contributed by atoms with E-state index in [0.717, 1.165) is 17.2 Å². The molecule has 0 spiro atoms. The molecule has 0 aliphatic rings. The highest BCUT2D eigenvalue weighted by molar-refractivity contribution is 5.91. The van der Waals surface area contributed by atoms with Crippen molar-refractivity contribution in [2.75, 3.05) is 6.61 Å². The smallest absolute Gasteiger partial charge is 0.408 e. The van der Waals surface area contributed by atoms with E-state index in [2.05, 4.69) is 16.0 Å². The maximum atomic E-state index is 13.3. The molecule has 0 heterocycles. The number of ether oxygens (including phenoxy) is 2. The van der Waals surface area contributed by atoms with Crippen molar-refractivity contribution < 1.29 is 33.4 Å². The topological polar surface area (TPSA) is 166 Å². The lowest BCUT2D eigenvalue weighted by Crippen LogP contribution is -2.54. The first-order valence-corrected chi connectivity index (χ1v) is 12.9. The fourth-order valence-corrected chi connectivity index (χ4v) is 3.55. The van der Waals surface area contributed by atoms with Crippen molar-refractivity contribution >= 4 is 29.8 Å². The number of alkyl carbamates (subject to hydrolysis) is 1. The maximum Gasteiger partial charge on any atom is 0.408 e. The van der Waals surface area contributed by atoms with Crippen LogP contribution in [0.1, 0.15) is 37.8 Å². The van der Waals surface area contributed by atoms with E-state index in [-0.39, 0.29) is 32.5 Å². The zero-order valence-corrected chi connectivity index (χ0v) is 22.6. The van der Waals surface area contributed by atoms with Gasteiger partial charge in [-0.1, -0.05) is 66.7 Å². The number of rotatable bonds is 15. The second-order valence-corrected chi connectivity index (χ2v) is 8.91. The number of carbonyl (C=O) groups excluding carboxylic acids is 5. The molecule has 40 heavy (non-hydrogen) atoms. The molecule has 0 saturated heterocycles. The molecule has 0 bridgehead atoms. The highest BCUT2D eigenvalue weighted by atomic mass is 16.5. The van der Waals surface area contributed by atoms with Gasteiger partial charge in [0.2, 0.25) is 17.7 Å². The second kappa shape index (κ2) is 17.0. The van der Waals surface area contributed by atoms with Crippen molar-refractivity contribution in [3.8, 4) is 0 Å². The van der Waals surface area contributed by atoms with Gasteiger partial charge in [0.05, 0.1) is 6.61 Å². The predicted molar refractivity (Wildman–Crippen MR) is 147 cm³/mol. The molecule has 0 aliphatic carbocycles. The Morgan fingerprint density at radius 3 is 2.08 bits per heavy atom. The molecule has 0 radical (unpaired) electrons. The molecule has 214 valence electrons. The molecule has 2 aromatic rings. The second-order valence-electron chi connectivity index (χ2n) is 8.91. The summed E-state index contributed by atoms with van der Waals surface area (Å²) in [4.78, 5) is 61.6. The van der Waals surface area contributed by atoms with Crippen LogP contribution in [0.5, 0.6) is 0 Å². The van der Waals surface area contributed by atoms with Gasteiger partial charge in [0.1, 0.15) is 18.7 Å². The lowest BCUT2D eigenvalue weighted by atomic mass is 10.0. The van der Waals surface area contributed by atoms with Crippen LogP contribution in [0.25, 0.3) is 0 Å². The minimum atomic E-state index is -1.04. The molecular formula is C29H36N4O7. The Morgan fingerprint density at radius 2 is 1.48 bits per heavy atom. The zero-order chi connectivity index (χ0) is 29.3. The number of amides is 4. The van der Waals surface area contributed by atoms with Gasteiger partial charge in [-0.2, -0.15) is 0 Å². The van der Waals surface area contributed by atoms with E-state index < -0.39 is 47.9 Å². The molecule has 0 saturated carbocycles. The summed E-state index contributed by atoms with van der Waals surface area (Å²) in [5, 5.41) is 7.87. The Labute approximate surface area is 233 Å². The Morgan fingerprint density at radius 1 is 0.850 bits per heavy atom. The van der Waals surface area contributed by atoms with Gasteiger partial charge < -0.3 is 31.2 Å². The lowest BCUT2D eigenvalue weighted by Gasteiger charge is -2.23. The van der Waals surface area contributed by atoms with Crippen LogP contribution in [0.15, 0.2) is 72.8 Å². The number of nitrogens with two attached hydrogens (primary N) is 1. The lowest BCUT2D eigenvalue weighted by molar-refractivity contribution is -0.137. The average molecular weight is 553 g/mol. The summed E-state index contributed by atoms with van der Waals surface area (Å²) < 4.78 is 10.0. The van der Waals surface area contributed by atoms with Gasteiger partial charge in [0.15, 0.2) is 0 Å². The third-order valence-corrected chi connectivity index (χ3v) is 5.64. The molecule has 0 aliphatic heterocycles. The first-order valence-electron chi connectivity index (χ1n) is 12.9. The fraction of sp³-hybridized carbons (Fsp3) is 0.345. The van der Waals surface area contributed by atoms with E-state index in [9.17, 15) is 24.0 Å². The average Bonchev–Trinajstić information content (AvgIpc) is 2.94. The van der Waals surface area contributed by atoms with Crippen molar-refractivity contribution in [3.63, 3.8) is 0 Å². The van der Waals surface area contributed by atoms with Crippen LogP contribution in [-0.2, 0) is 41.7 Å². The summed E-state index contributed by atoms with van der Waals surface area (Å²) in [6.07, 6.45) is 2.02. The number of hydrogen-bond donors (Lipinski definition) is 4. The summed E-state index contributed by atoms with van der Waals surface area (Å²) >= 11 is 0. The van der Waals surface area contributed by atoms with Crippen molar-refractivity contribution in [2.24, 2.45) is 5.73 Å². The van der Waals surface area contributed by atoms with Crippen LogP contribution in [0.3, 0.4) is 0 Å². The van der Waals surface area contributed by atoms with Crippen molar-refractivity contribution in [2.45, 2.75) is 57.8 Å². The van der Waals surface area contributed by atoms with Crippen molar-refractivity contribution in [1.29, 1.82) is 0 Å². The number of hydrogen-bond acceptors (Lipinski definition) is 7. The molecule has 2 aromatic carbocycles. The van der Waals surface area contributed by atoms with Gasteiger partial charge in [-0.25, -0.2) is 9.59 Å². The monoisotopic (exact) mass is 552 g/mol. The third-order valence-electron chi connectivity index (χ3n) is 5.64. The Hall–Kier alpha value is -4.67. The maximum absolute atomic E-state index is 13.3. The van der Waals surface area contributed by atoms with Crippen LogP contribution < -0.4 is 21.7 Å². The van der Waals surface area contributed by atoms with E-state index in [1.165, 1.54) is 13.0 Å². The normalized spacial score (nSPS) is 12.9. The van der Waals surface area contributed by atoms with Gasteiger partial charge in [0.25, 0.3) is 0 Å². The molecular weight excluding hydrogens is 516 g/mol. The molecule has 0 fully saturated rings. The van der Waals surface area contributed by atoms with E-state index in [1.807, 2.05) is 24.3 Å². The molecule has 0 unspecified atom stereocenters. The standard InChI is InChI=1S/C29H36N4O7/c1-3-39-26(35)17-15-23(14-16-25(30)34)32-28(37)24(18-21-10-6-4-7-11-21)33-27(36)20(2)31-29(38)40-19-22-12-8-5-9-13-22/h4-13,15,17,20,23-24H,3,14,16,18-19H2,1-2H3,(H2,30,34)(H,31,38)(H,32,37)(H,33,36)/b17-15+/t20-,23-,24-/m0/s1. The summed E-state index contributed by atoms with van der Waals surface area (Å²) in [7, 11) is 0. The van der Waals surface area contributed by atoms with Crippen LogP contribution in [0.2, 0.25) is 0 Å². The predicted octanol–water partition coefficient (Wildman–Crippen LogP) is 1.90. The minimum Gasteiger partial charge on any atom is -0.463 e. The minimum absolute atomic E-state index is 0.0338. The van der Waals surface area contributed by atoms with Gasteiger partial charge in [-0.3, -0.25) is 14.4 Å². The van der Waals surface area contributed by atoms with E-state index in [1.54, 1.807) is 43.3 Å². The largest absolute Gasteiger partial charge is 0.463 e. The summed E-state index contributed by atoms with van der Waals surface area (Å²) in [6, 6.07) is 15.3. The quantitative estimate of drug-likeness (QED) is 0.193. The van der Waals surface area contributed by atoms with Crippen molar-refractivity contribution in [3.05, 3.63) is 83.9 Å². The molecule has 4 amide bonds. The molecule has 2 rings (SSSR count). The number of carbonyl (C=O) groups is 5. The zero-order valence-electron chi connectivity index (χ0n) is 22.6. The van der Waals surface area contributed by atoms with Crippen LogP contribution in [0.4, 0.5) is 4.79 Å². The first-order chi connectivity index (χ1) is 19.2. The highest BCUT2D eigenvalue weighted by Gasteiger charge is 2.26. The summed E-state index contributed by atoms with van der Waals surface area (Å²) in [5.74, 6) is -2.34. The van der Waals surface area contributed by atoms with Gasteiger partial charge >= 0.3 is 12.1 Å². The van der Waals surface area contributed by atoms with Gasteiger partial charge in [0, 0.05) is 25.0 Å². The Balaban J connectivity index is 2.08. The van der Waals surface area contributed by atoms with Gasteiger partial charge in [-0.15, -0.1) is 0 Å². The first kappa shape index (κ1) is 31.5. The van der Waals surface area contributed by atoms with E-state index in [0.29, 0.717) is 0 Å². The summed E-state index contributed by atoms with van der Waals surface area (Å²) in [5.41, 5.74) is 6.83. The van der Waals surface area contributed by atoms with E-state index >= 15 is 0 Å². The van der Waals surface area contributed by atoms with Crippen molar-refractivity contribution in [1.82, 2.24) is 16.0 Å². The third kappa shape index (κ3) is 12.2. The van der Waals surface area contributed by atoms with E-state index in [4.69, 9.17) is 15.2 Å². The Bertz CT molecular complexity index is 1160. The molecule has 11 nitrogen and oxygen atoms in total. The van der Waals surface area contributed by atoms with Gasteiger partial charge in [-0.05, 0) is 31.4 Å². The SMILES string of the molecule is CCOC(=O)/C=C/[C@H](CCC(N)=O)NC(=O)[C@H](Cc1ccccc1)NC(=O)[C@H](C)NC(=O)OCc1ccccc1. The number of primary amides is 1. The van der Waals surface area contributed by atoms with Crippen LogP contribution in [0, 0.1) is 0 Å². The molecule has 5 N–H and O–H groups in total. The molecule has 11 heteroatoms.